The number of hydrogen-bond donors (Lipinski definition) is 2. The molecule has 0 spiro atoms. The van der Waals surface area contributed by atoms with E-state index in [0.717, 1.165) is 5.56 Å². The van der Waals surface area contributed by atoms with Crippen LogP contribution in [0.15, 0.2) is 33.7 Å². The first-order valence-corrected chi connectivity index (χ1v) is 9.61. The Morgan fingerprint density at radius 1 is 1.23 bits per heavy atom. The van der Waals surface area contributed by atoms with Gasteiger partial charge in [-0.05, 0) is 39.8 Å². The SMILES string of the molecule is Cc1ccc(OCCNC(=O)[C@H](C)NS(=O)(=O)c2c(C)noc2C)cc1. The number of aromatic nitrogens is 1. The molecule has 0 aliphatic rings. The van der Waals surface area contributed by atoms with Crippen LogP contribution >= 0.6 is 0 Å². The first kappa shape index (κ1) is 19.9. The largest absolute Gasteiger partial charge is 0.492 e. The normalized spacial score (nSPS) is 12.6. The van der Waals surface area contributed by atoms with Crippen molar-refractivity contribution in [3.8, 4) is 5.75 Å². The molecule has 9 heteroatoms. The molecule has 0 bridgehead atoms. The molecule has 0 aliphatic carbocycles. The Bertz CT molecular complexity index is 840. The van der Waals surface area contributed by atoms with E-state index in [2.05, 4.69) is 15.2 Å². The molecule has 1 atom stereocenters. The minimum absolute atomic E-state index is 0.0418. The van der Waals surface area contributed by atoms with Crippen LogP contribution < -0.4 is 14.8 Å². The third-order valence-electron chi connectivity index (χ3n) is 3.65. The molecule has 26 heavy (non-hydrogen) atoms. The number of carbonyl (C=O) groups is 1. The molecule has 0 aliphatic heterocycles. The van der Waals surface area contributed by atoms with Crippen molar-refractivity contribution in [2.75, 3.05) is 13.2 Å². The zero-order valence-corrected chi connectivity index (χ0v) is 16.0. The minimum atomic E-state index is -3.90. The smallest absolute Gasteiger partial charge is 0.246 e. The van der Waals surface area contributed by atoms with Crippen molar-refractivity contribution in [3.05, 3.63) is 41.3 Å². The second-order valence-corrected chi connectivity index (χ2v) is 7.60. The molecular weight excluding hydrogens is 358 g/mol. The second kappa shape index (κ2) is 8.33. The van der Waals surface area contributed by atoms with Gasteiger partial charge in [-0.15, -0.1) is 0 Å². The van der Waals surface area contributed by atoms with Crippen molar-refractivity contribution in [2.24, 2.45) is 0 Å². The number of benzene rings is 1. The highest BCUT2D eigenvalue weighted by Crippen LogP contribution is 2.18. The highest BCUT2D eigenvalue weighted by atomic mass is 32.2. The van der Waals surface area contributed by atoms with Gasteiger partial charge < -0.3 is 14.6 Å². The fourth-order valence-corrected chi connectivity index (χ4v) is 3.87. The summed E-state index contributed by atoms with van der Waals surface area (Å²) in [4.78, 5) is 12.0. The van der Waals surface area contributed by atoms with E-state index < -0.39 is 22.0 Å². The highest BCUT2D eigenvalue weighted by Gasteiger charge is 2.27. The Hall–Kier alpha value is -2.39. The quantitative estimate of drug-likeness (QED) is 0.670. The van der Waals surface area contributed by atoms with E-state index in [9.17, 15) is 13.2 Å². The van der Waals surface area contributed by atoms with Crippen molar-refractivity contribution in [1.29, 1.82) is 0 Å². The van der Waals surface area contributed by atoms with Crippen molar-refractivity contribution in [2.45, 2.75) is 38.6 Å². The predicted octanol–water partition coefficient (Wildman–Crippen LogP) is 1.46. The maximum atomic E-state index is 12.4. The maximum absolute atomic E-state index is 12.4. The van der Waals surface area contributed by atoms with Crippen LogP contribution in [0.2, 0.25) is 0 Å². The summed E-state index contributed by atoms with van der Waals surface area (Å²) < 4.78 is 37.5. The number of sulfonamides is 1. The van der Waals surface area contributed by atoms with Crippen LogP contribution in [-0.4, -0.2) is 38.7 Å². The molecule has 0 saturated heterocycles. The maximum Gasteiger partial charge on any atom is 0.246 e. The number of nitrogens with zero attached hydrogens (tertiary/aromatic N) is 1. The van der Waals surface area contributed by atoms with Gasteiger partial charge >= 0.3 is 0 Å². The number of amides is 1. The van der Waals surface area contributed by atoms with Gasteiger partial charge in [0.25, 0.3) is 0 Å². The molecule has 0 radical (unpaired) electrons. The molecule has 1 heterocycles. The van der Waals surface area contributed by atoms with Crippen LogP contribution in [0.1, 0.15) is 23.9 Å². The molecule has 2 rings (SSSR count). The summed E-state index contributed by atoms with van der Waals surface area (Å²) in [5, 5.41) is 6.25. The molecule has 1 amide bonds. The Morgan fingerprint density at radius 3 is 2.46 bits per heavy atom. The number of carbonyl (C=O) groups excluding carboxylic acids is 1. The lowest BCUT2D eigenvalue weighted by Gasteiger charge is -2.14. The standard InChI is InChI=1S/C17H23N3O5S/c1-11-5-7-15(8-6-11)24-10-9-18-17(21)13(3)20-26(22,23)16-12(2)19-25-14(16)4/h5-8,13,20H,9-10H2,1-4H3,(H,18,21)/t13-/m0/s1. The fourth-order valence-electron chi connectivity index (χ4n) is 2.33. The van der Waals surface area contributed by atoms with Crippen LogP contribution in [-0.2, 0) is 14.8 Å². The first-order chi connectivity index (χ1) is 12.2. The fraction of sp³-hybridized carbons (Fsp3) is 0.412. The lowest BCUT2D eigenvalue weighted by molar-refractivity contribution is -0.122. The summed E-state index contributed by atoms with van der Waals surface area (Å²) in [6.07, 6.45) is 0. The third kappa shape index (κ3) is 5.06. The number of hydrogen-bond acceptors (Lipinski definition) is 6. The Labute approximate surface area is 153 Å². The molecule has 0 unspecified atom stereocenters. The van der Waals surface area contributed by atoms with E-state index in [4.69, 9.17) is 9.26 Å². The summed E-state index contributed by atoms with van der Waals surface area (Å²) in [7, 11) is -3.90. The molecule has 1 aromatic carbocycles. The Balaban J connectivity index is 1.83. The summed E-state index contributed by atoms with van der Waals surface area (Å²) in [5.74, 6) is 0.430. The first-order valence-electron chi connectivity index (χ1n) is 8.13. The monoisotopic (exact) mass is 381 g/mol. The Morgan fingerprint density at radius 2 is 1.88 bits per heavy atom. The predicted molar refractivity (Wildman–Crippen MR) is 95.4 cm³/mol. The Kier molecular flexibility index (Phi) is 6.38. The number of rotatable bonds is 8. The highest BCUT2D eigenvalue weighted by molar-refractivity contribution is 7.89. The summed E-state index contributed by atoms with van der Waals surface area (Å²) in [6, 6.07) is 6.60. The minimum Gasteiger partial charge on any atom is -0.492 e. The number of ether oxygens (including phenoxy) is 1. The van der Waals surface area contributed by atoms with Gasteiger partial charge in [-0.3, -0.25) is 4.79 Å². The van der Waals surface area contributed by atoms with E-state index in [1.54, 1.807) is 0 Å². The van der Waals surface area contributed by atoms with Crippen LogP contribution in [0.3, 0.4) is 0 Å². The molecule has 0 saturated carbocycles. The molecule has 2 aromatic rings. The van der Waals surface area contributed by atoms with Crippen molar-refractivity contribution in [3.63, 3.8) is 0 Å². The zero-order chi connectivity index (χ0) is 19.3. The van der Waals surface area contributed by atoms with Gasteiger partial charge in [0.15, 0.2) is 5.76 Å². The van der Waals surface area contributed by atoms with Crippen LogP contribution in [0.4, 0.5) is 0 Å². The zero-order valence-electron chi connectivity index (χ0n) is 15.2. The third-order valence-corrected chi connectivity index (χ3v) is 5.44. The lowest BCUT2D eigenvalue weighted by atomic mass is 10.2. The van der Waals surface area contributed by atoms with Crippen LogP contribution in [0.25, 0.3) is 0 Å². The molecule has 142 valence electrons. The second-order valence-electron chi connectivity index (χ2n) is 5.95. The van der Waals surface area contributed by atoms with Crippen LogP contribution in [0.5, 0.6) is 5.75 Å². The van der Waals surface area contributed by atoms with Gasteiger partial charge in [0.05, 0.1) is 12.6 Å². The van der Waals surface area contributed by atoms with Gasteiger partial charge in [-0.25, -0.2) is 8.42 Å². The number of aryl methyl sites for hydroxylation is 3. The molecule has 2 N–H and O–H groups in total. The van der Waals surface area contributed by atoms with Gasteiger partial charge in [0, 0.05) is 0 Å². The molecular formula is C17H23N3O5S. The van der Waals surface area contributed by atoms with E-state index in [0.29, 0.717) is 5.75 Å². The van der Waals surface area contributed by atoms with E-state index >= 15 is 0 Å². The topological polar surface area (TPSA) is 111 Å². The molecule has 0 fully saturated rings. The average Bonchev–Trinajstić information content (AvgIpc) is 2.92. The lowest BCUT2D eigenvalue weighted by Crippen LogP contribution is -2.45. The van der Waals surface area contributed by atoms with Crippen molar-refractivity contribution >= 4 is 15.9 Å². The van der Waals surface area contributed by atoms with Crippen LogP contribution in [0, 0.1) is 20.8 Å². The molecule has 1 aromatic heterocycles. The van der Waals surface area contributed by atoms with Gasteiger partial charge in [-0.2, -0.15) is 4.72 Å². The summed E-state index contributed by atoms with van der Waals surface area (Å²) in [5.41, 5.74) is 1.37. The number of nitrogens with one attached hydrogen (secondary N) is 2. The van der Waals surface area contributed by atoms with E-state index in [-0.39, 0.29) is 29.5 Å². The summed E-state index contributed by atoms with van der Waals surface area (Å²) in [6.45, 7) is 7.00. The van der Waals surface area contributed by atoms with Gasteiger partial charge in [-0.1, -0.05) is 22.9 Å². The molecule has 8 nitrogen and oxygen atoms in total. The van der Waals surface area contributed by atoms with E-state index in [1.807, 2.05) is 31.2 Å². The summed E-state index contributed by atoms with van der Waals surface area (Å²) >= 11 is 0. The van der Waals surface area contributed by atoms with Gasteiger partial charge in [0.1, 0.15) is 22.9 Å². The van der Waals surface area contributed by atoms with Crippen molar-refractivity contribution in [1.82, 2.24) is 15.2 Å². The van der Waals surface area contributed by atoms with E-state index in [1.165, 1.54) is 20.8 Å². The van der Waals surface area contributed by atoms with Gasteiger partial charge in [0.2, 0.25) is 15.9 Å². The average molecular weight is 381 g/mol. The van der Waals surface area contributed by atoms with Crippen molar-refractivity contribution < 1.29 is 22.5 Å².